The molecule has 3 aromatic rings. The molecule has 2 atom stereocenters. The van der Waals surface area contributed by atoms with E-state index in [0.29, 0.717) is 11.2 Å². The van der Waals surface area contributed by atoms with E-state index in [1.165, 1.54) is 18.4 Å². The molecule has 1 saturated heterocycles. The van der Waals surface area contributed by atoms with E-state index >= 15 is 0 Å². The molecule has 0 radical (unpaired) electrons. The summed E-state index contributed by atoms with van der Waals surface area (Å²) in [5.74, 6) is 0.374. The fourth-order valence-corrected chi connectivity index (χ4v) is 4.81. The number of imidazole rings is 1. The summed E-state index contributed by atoms with van der Waals surface area (Å²) in [5.41, 5.74) is 4.36. The Labute approximate surface area is 183 Å². The quantitative estimate of drug-likeness (QED) is 0.555. The SMILES string of the molecule is CC(C)c1cnc2c(N[C@@H](C)c3ccccc3)cc(SC3CCCNC3)nn12.Cl. The molecule has 2 aromatic heterocycles. The largest absolute Gasteiger partial charge is 0.375 e. The number of benzene rings is 1. The number of rotatable bonds is 6. The first kappa shape index (κ1) is 21.9. The van der Waals surface area contributed by atoms with E-state index < -0.39 is 0 Å². The van der Waals surface area contributed by atoms with E-state index in [1.54, 1.807) is 0 Å². The Morgan fingerprint density at radius 1 is 1.21 bits per heavy atom. The van der Waals surface area contributed by atoms with Crippen molar-refractivity contribution >= 4 is 35.5 Å². The molecule has 1 aromatic carbocycles. The van der Waals surface area contributed by atoms with Crippen LogP contribution in [0.25, 0.3) is 5.65 Å². The van der Waals surface area contributed by atoms with E-state index in [9.17, 15) is 0 Å². The van der Waals surface area contributed by atoms with Crippen LogP contribution in [0.15, 0.2) is 47.6 Å². The Morgan fingerprint density at radius 3 is 2.69 bits per heavy atom. The molecule has 156 valence electrons. The van der Waals surface area contributed by atoms with E-state index in [0.717, 1.165) is 35.1 Å². The second-order valence-electron chi connectivity index (χ2n) is 7.83. The maximum absolute atomic E-state index is 4.94. The zero-order valence-electron chi connectivity index (χ0n) is 17.3. The van der Waals surface area contributed by atoms with Gasteiger partial charge in [0.15, 0.2) is 5.65 Å². The van der Waals surface area contributed by atoms with Gasteiger partial charge in [-0.1, -0.05) is 55.9 Å². The molecule has 2 N–H and O–H groups in total. The zero-order valence-corrected chi connectivity index (χ0v) is 18.9. The Bertz CT molecular complexity index is 922. The van der Waals surface area contributed by atoms with Crippen LogP contribution in [0.3, 0.4) is 0 Å². The lowest BCUT2D eigenvalue weighted by Gasteiger charge is -2.22. The third-order valence-corrected chi connectivity index (χ3v) is 6.45. The van der Waals surface area contributed by atoms with Crippen LogP contribution >= 0.6 is 24.2 Å². The number of halogens is 1. The van der Waals surface area contributed by atoms with E-state index in [2.05, 4.69) is 67.8 Å². The van der Waals surface area contributed by atoms with Crippen LogP contribution in [0.1, 0.15) is 56.8 Å². The van der Waals surface area contributed by atoms with Crippen molar-refractivity contribution in [2.45, 2.75) is 55.8 Å². The number of hydrogen-bond donors (Lipinski definition) is 2. The minimum Gasteiger partial charge on any atom is -0.375 e. The highest BCUT2D eigenvalue weighted by atomic mass is 35.5. The van der Waals surface area contributed by atoms with Crippen molar-refractivity contribution in [3.8, 4) is 0 Å². The lowest BCUT2D eigenvalue weighted by atomic mass is 10.1. The topological polar surface area (TPSA) is 54.2 Å². The van der Waals surface area contributed by atoms with Crippen molar-refractivity contribution in [2.75, 3.05) is 18.4 Å². The van der Waals surface area contributed by atoms with Gasteiger partial charge >= 0.3 is 0 Å². The number of nitrogens with one attached hydrogen (secondary N) is 2. The second kappa shape index (κ2) is 9.83. The van der Waals surface area contributed by atoms with Crippen LogP contribution in [0.2, 0.25) is 0 Å². The predicted octanol–water partition coefficient (Wildman–Crippen LogP) is 5.29. The fourth-order valence-electron chi connectivity index (χ4n) is 3.67. The number of fused-ring (bicyclic) bond motifs is 1. The number of aromatic nitrogens is 3. The average Bonchev–Trinajstić information content (AvgIpc) is 3.14. The third kappa shape index (κ3) is 5.05. The number of thioether (sulfide) groups is 1. The molecule has 0 aliphatic carbocycles. The van der Waals surface area contributed by atoms with Gasteiger partial charge in [0.2, 0.25) is 0 Å². The summed E-state index contributed by atoms with van der Waals surface area (Å²) < 4.78 is 2.03. The van der Waals surface area contributed by atoms with E-state index in [4.69, 9.17) is 10.1 Å². The van der Waals surface area contributed by atoms with Gasteiger partial charge in [0.25, 0.3) is 0 Å². The maximum Gasteiger partial charge on any atom is 0.177 e. The van der Waals surface area contributed by atoms with Crippen molar-refractivity contribution in [2.24, 2.45) is 0 Å². The number of nitrogens with zero attached hydrogens (tertiary/aromatic N) is 3. The molecule has 1 fully saturated rings. The van der Waals surface area contributed by atoms with Crippen LogP contribution in [-0.4, -0.2) is 32.9 Å². The standard InChI is InChI=1S/C22H29N5S.ClH/c1-15(2)20-14-24-22-19(25-16(3)17-8-5-4-6-9-17)12-21(26-27(20)22)28-18-10-7-11-23-13-18;/h4-6,8-9,12,14-16,18,23,25H,7,10-11,13H2,1-3H3;1H/t16-,18?;/m0./s1. The number of piperidine rings is 1. The highest BCUT2D eigenvalue weighted by Gasteiger charge is 2.19. The fraction of sp³-hybridized carbons (Fsp3) is 0.455. The summed E-state index contributed by atoms with van der Waals surface area (Å²) in [5, 5.41) is 13.8. The van der Waals surface area contributed by atoms with Crippen LogP contribution in [0.5, 0.6) is 0 Å². The van der Waals surface area contributed by atoms with Crippen molar-refractivity contribution in [3.05, 3.63) is 53.9 Å². The van der Waals surface area contributed by atoms with E-state index in [-0.39, 0.29) is 18.4 Å². The van der Waals surface area contributed by atoms with Gasteiger partial charge in [-0.2, -0.15) is 5.10 Å². The lowest BCUT2D eigenvalue weighted by molar-refractivity contribution is 0.531. The Morgan fingerprint density at radius 2 is 2.00 bits per heavy atom. The zero-order chi connectivity index (χ0) is 19.5. The minimum absolute atomic E-state index is 0. The first-order chi connectivity index (χ1) is 13.6. The molecule has 1 aliphatic rings. The van der Waals surface area contributed by atoms with Crippen LogP contribution in [0, 0.1) is 0 Å². The molecule has 0 bridgehead atoms. The Balaban J connectivity index is 0.00000240. The average molecular weight is 432 g/mol. The van der Waals surface area contributed by atoms with Gasteiger partial charge in [-0.25, -0.2) is 9.50 Å². The van der Waals surface area contributed by atoms with Gasteiger partial charge in [0.05, 0.1) is 17.6 Å². The van der Waals surface area contributed by atoms with Crippen molar-refractivity contribution in [3.63, 3.8) is 0 Å². The molecular weight excluding hydrogens is 402 g/mol. The molecular formula is C22H30ClN5S. The van der Waals surface area contributed by atoms with Crippen molar-refractivity contribution in [1.29, 1.82) is 0 Å². The van der Waals surface area contributed by atoms with Gasteiger partial charge < -0.3 is 10.6 Å². The summed E-state index contributed by atoms with van der Waals surface area (Å²) in [6, 6.07) is 12.9. The second-order valence-corrected chi connectivity index (χ2v) is 9.15. The molecule has 1 unspecified atom stereocenters. The Kier molecular flexibility index (Phi) is 7.44. The third-order valence-electron chi connectivity index (χ3n) is 5.27. The van der Waals surface area contributed by atoms with Gasteiger partial charge in [-0.3, -0.25) is 0 Å². The number of hydrogen-bond acceptors (Lipinski definition) is 5. The van der Waals surface area contributed by atoms with Crippen LogP contribution < -0.4 is 10.6 Å². The monoisotopic (exact) mass is 431 g/mol. The summed E-state index contributed by atoms with van der Waals surface area (Å²) in [7, 11) is 0. The van der Waals surface area contributed by atoms with Gasteiger partial charge in [-0.05, 0) is 43.9 Å². The smallest absolute Gasteiger partial charge is 0.177 e. The molecule has 5 nitrogen and oxygen atoms in total. The molecule has 7 heteroatoms. The molecule has 0 spiro atoms. The minimum atomic E-state index is 0. The summed E-state index contributed by atoms with van der Waals surface area (Å²) in [4.78, 5) is 4.69. The molecule has 0 saturated carbocycles. The molecule has 4 rings (SSSR count). The highest BCUT2D eigenvalue weighted by Crippen LogP contribution is 2.32. The van der Waals surface area contributed by atoms with Crippen molar-refractivity contribution < 1.29 is 0 Å². The first-order valence-corrected chi connectivity index (χ1v) is 11.1. The first-order valence-electron chi connectivity index (χ1n) is 10.2. The molecule has 29 heavy (non-hydrogen) atoms. The normalized spacial score (nSPS) is 17.9. The van der Waals surface area contributed by atoms with Gasteiger partial charge in [-0.15, -0.1) is 12.4 Å². The summed E-state index contributed by atoms with van der Waals surface area (Å²) in [6.45, 7) is 8.75. The molecule has 1 aliphatic heterocycles. The van der Waals surface area contributed by atoms with E-state index in [1.807, 2.05) is 22.5 Å². The summed E-state index contributed by atoms with van der Waals surface area (Å²) in [6.07, 6.45) is 4.43. The predicted molar refractivity (Wildman–Crippen MR) is 125 cm³/mol. The lowest BCUT2D eigenvalue weighted by Crippen LogP contribution is -2.31. The van der Waals surface area contributed by atoms with Gasteiger partial charge in [0, 0.05) is 17.8 Å². The molecule has 0 amide bonds. The maximum atomic E-state index is 4.94. The summed E-state index contributed by atoms with van der Waals surface area (Å²) >= 11 is 1.88. The highest BCUT2D eigenvalue weighted by molar-refractivity contribution is 7.99. The molecule has 3 heterocycles. The number of anilines is 1. The van der Waals surface area contributed by atoms with Gasteiger partial charge in [0.1, 0.15) is 5.03 Å². The Hall–Kier alpha value is -1.76. The van der Waals surface area contributed by atoms with Crippen LogP contribution in [0.4, 0.5) is 5.69 Å². The van der Waals surface area contributed by atoms with Crippen LogP contribution in [-0.2, 0) is 0 Å². The van der Waals surface area contributed by atoms with Crippen molar-refractivity contribution in [1.82, 2.24) is 19.9 Å².